The quantitative estimate of drug-likeness (QED) is 0.852. The van der Waals surface area contributed by atoms with E-state index >= 15 is 0 Å². The molecule has 4 nitrogen and oxygen atoms in total. The van der Waals surface area contributed by atoms with Crippen LogP contribution >= 0.6 is 11.3 Å². The van der Waals surface area contributed by atoms with Crippen LogP contribution < -0.4 is 5.73 Å². The molecule has 0 saturated carbocycles. The van der Waals surface area contributed by atoms with Crippen molar-refractivity contribution in [1.82, 2.24) is 9.88 Å². The van der Waals surface area contributed by atoms with Gasteiger partial charge in [-0.15, -0.1) is 11.3 Å². The molecule has 5 heteroatoms. The second-order valence-electron chi connectivity index (χ2n) is 4.71. The van der Waals surface area contributed by atoms with E-state index in [1.807, 2.05) is 12.3 Å². The maximum Gasteiger partial charge on any atom is 0.180 e. The van der Waals surface area contributed by atoms with Gasteiger partial charge in [-0.1, -0.05) is 30.3 Å². The number of nitrogens with zero attached hydrogens (tertiary/aromatic N) is 2. The van der Waals surface area contributed by atoms with Gasteiger partial charge in [-0.25, -0.2) is 4.98 Å². The van der Waals surface area contributed by atoms with Crippen molar-refractivity contribution in [2.24, 2.45) is 0 Å². The topological polar surface area (TPSA) is 51.4 Å². The summed E-state index contributed by atoms with van der Waals surface area (Å²) in [5.74, 6) is 0. The normalized spacial score (nSPS) is 12.8. The standard InChI is InChI=1S/C15H21N3OS/c1-12(13-6-4-3-5-7-13)18(8-9-19-2)11-14-10-17-15(16)20-14/h3-7,10,12H,8-9,11H2,1-2H3,(H2,16,17). The van der Waals surface area contributed by atoms with Gasteiger partial charge in [0.25, 0.3) is 0 Å². The Morgan fingerprint density at radius 3 is 2.70 bits per heavy atom. The van der Waals surface area contributed by atoms with Crippen LogP contribution in [-0.4, -0.2) is 30.1 Å². The minimum absolute atomic E-state index is 0.328. The lowest BCUT2D eigenvalue weighted by Gasteiger charge is -2.28. The highest BCUT2D eigenvalue weighted by Gasteiger charge is 2.16. The molecule has 1 aromatic heterocycles. The van der Waals surface area contributed by atoms with Crippen LogP contribution in [0.5, 0.6) is 0 Å². The Morgan fingerprint density at radius 2 is 2.10 bits per heavy atom. The van der Waals surface area contributed by atoms with Gasteiger partial charge in [-0.2, -0.15) is 0 Å². The van der Waals surface area contributed by atoms with Crippen LogP contribution in [-0.2, 0) is 11.3 Å². The maximum atomic E-state index is 5.71. The molecular weight excluding hydrogens is 270 g/mol. The highest BCUT2D eigenvalue weighted by Crippen LogP contribution is 2.24. The molecule has 0 aliphatic heterocycles. The zero-order valence-electron chi connectivity index (χ0n) is 12.0. The molecule has 0 aliphatic carbocycles. The van der Waals surface area contributed by atoms with Crippen LogP contribution in [0.15, 0.2) is 36.5 Å². The van der Waals surface area contributed by atoms with Crippen LogP contribution in [0.1, 0.15) is 23.4 Å². The lowest BCUT2D eigenvalue weighted by molar-refractivity contribution is 0.120. The van der Waals surface area contributed by atoms with Gasteiger partial charge in [0.1, 0.15) is 0 Å². The minimum Gasteiger partial charge on any atom is -0.383 e. The van der Waals surface area contributed by atoms with Gasteiger partial charge in [0.2, 0.25) is 0 Å². The Balaban J connectivity index is 2.10. The van der Waals surface area contributed by atoms with Crippen molar-refractivity contribution in [2.45, 2.75) is 19.5 Å². The van der Waals surface area contributed by atoms with Crippen molar-refractivity contribution < 1.29 is 4.74 Å². The van der Waals surface area contributed by atoms with Crippen molar-refractivity contribution >= 4 is 16.5 Å². The second-order valence-corrected chi connectivity index (χ2v) is 5.86. The van der Waals surface area contributed by atoms with Crippen LogP contribution in [0.2, 0.25) is 0 Å². The van der Waals surface area contributed by atoms with Crippen LogP contribution in [0, 0.1) is 0 Å². The molecule has 108 valence electrons. The van der Waals surface area contributed by atoms with Gasteiger partial charge < -0.3 is 10.5 Å². The first-order valence-electron chi connectivity index (χ1n) is 6.69. The van der Waals surface area contributed by atoms with Gasteiger partial charge in [-0.05, 0) is 12.5 Å². The maximum absolute atomic E-state index is 5.71. The van der Waals surface area contributed by atoms with E-state index in [9.17, 15) is 0 Å². The molecule has 0 saturated heterocycles. The molecular formula is C15H21N3OS. The number of ether oxygens (including phenoxy) is 1. The number of rotatable bonds is 7. The van der Waals surface area contributed by atoms with E-state index in [0.29, 0.717) is 17.8 Å². The van der Waals surface area contributed by atoms with Crippen LogP contribution in [0.4, 0.5) is 5.13 Å². The first-order chi connectivity index (χ1) is 9.70. The lowest BCUT2D eigenvalue weighted by atomic mass is 10.1. The third kappa shape index (κ3) is 4.03. The summed E-state index contributed by atoms with van der Waals surface area (Å²) in [6, 6.07) is 10.8. The number of benzene rings is 1. The largest absolute Gasteiger partial charge is 0.383 e. The molecule has 20 heavy (non-hydrogen) atoms. The monoisotopic (exact) mass is 291 g/mol. The smallest absolute Gasteiger partial charge is 0.180 e. The Hall–Kier alpha value is -1.43. The average Bonchev–Trinajstić information content (AvgIpc) is 2.89. The molecule has 1 unspecified atom stereocenters. The Morgan fingerprint density at radius 1 is 1.35 bits per heavy atom. The average molecular weight is 291 g/mol. The Bertz CT molecular complexity index is 515. The van der Waals surface area contributed by atoms with E-state index in [0.717, 1.165) is 13.1 Å². The van der Waals surface area contributed by atoms with Gasteiger partial charge in [0.15, 0.2) is 5.13 Å². The molecule has 0 amide bonds. The van der Waals surface area contributed by atoms with E-state index in [-0.39, 0.29) is 0 Å². The van der Waals surface area contributed by atoms with Crippen LogP contribution in [0.25, 0.3) is 0 Å². The van der Waals surface area contributed by atoms with E-state index in [1.54, 1.807) is 18.4 Å². The highest BCUT2D eigenvalue weighted by molar-refractivity contribution is 7.15. The third-order valence-electron chi connectivity index (χ3n) is 3.34. The van der Waals surface area contributed by atoms with Crippen molar-refractivity contribution in [2.75, 3.05) is 26.0 Å². The third-order valence-corrected chi connectivity index (χ3v) is 4.15. The van der Waals surface area contributed by atoms with Gasteiger partial charge >= 0.3 is 0 Å². The summed E-state index contributed by atoms with van der Waals surface area (Å²) in [6.45, 7) is 4.65. The summed E-state index contributed by atoms with van der Waals surface area (Å²) >= 11 is 1.55. The van der Waals surface area contributed by atoms with Crippen molar-refractivity contribution in [3.8, 4) is 0 Å². The lowest BCUT2D eigenvalue weighted by Crippen LogP contribution is -2.29. The number of hydrogen-bond acceptors (Lipinski definition) is 5. The first kappa shape index (κ1) is 15.0. The number of anilines is 1. The molecule has 1 atom stereocenters. The fourth-order valence-electron chi connectivity index (χ4n) is 2.16. The first-order valence-corrected chi connectivity index (χ1v) is 7.50. The molecule has 2 aromatic rings. The summed E-state index contributed by atoms with van der Waals surface area (Å²) in [5.41, 5.74) is 7.01. The fourth-order valence-corrected chi connectivity index (χ4v) is 2.87. The van der Waals surface area contributed by atoms with Crippen molar-refractivity contribution in [1.29, 1.82) is 0 Å². The summed E-state index contributed by atoms with van der Waals surface area (Å²) in [6.07, 6.45) is 1.86. The molecule has 0 spiro atoms. The van der Waals surface area contributed by atoms with Gasteiger partial charge in [0.05, 0.1) is 6.61 Å². The van der Waals surface area contributed by atoms with Crippen molar-refractivity contribution in [3.05, 3.63) is 47.0 Å². The highest BCUT2D eigenvalue weighted by atomic mass is 32.1. The summed E-state index contributed by atoms with van der Waals surface area (Å²) in [4.78, 5) is 7.68. The summed E-state index contributed by atoms with van der Waals surface area (Å²) < 4.78 is 5.22. The Labute approximate surface area is 124 Å². The summed E-state index contributed by atoms with van der Waals surface area (Å²) in [7, 11) is 1.73. The van der Waals surface area contributed by atoms with Crippen LogP contribution in [0.3, 0.4) is 0 Å². The molecule has 0 bridgehead atoms. The van der Waals surface area contributed by atoms with E-state index in [2.05, 4.69) is 41.1 Å². The molecule has 2 rings (SSSR count). The molecule has 1 heterocycles. The number of methoxy groups -OCH3 is 1. The van der Waals surface area contributed by atoms with E-state index < -0.39 is 0 Å². The zero-order chi connectivity index (χ0) is 14.4. The summed E-state index contributed by atoms with van der Waals surface area (Å²) in [5, 5.41) is 0.624. The SMILES string of the molecule is COCCN(Cc1cnc(N)s1)C(C)c1ccccc1. The van der Waals surface area contributed by atoms with Gasteiger partial charge in [-0.3, -0.25) is 4.90 Å². The fraction of sp³-hybridized carbons (Fsp3) is 0.400. The molecule has 0 fully saturated rings. The number of aromatic nitrogens is 1. The van der Waals surface area contributed by atoms with Crippen molar-refractivity contribution in [3.63, 3.8) is 0 Å². The molecule has 1 aromatic carbocycles. The Kier molecular flexibility index (Phi) is 5.52. The molecule has 0 radical (unpaired) electrons. The van der Waals surface area contributed by atoms with E-state index in [4.69, 9.17) is 10.5 Å². The van der Waals surface area contributed by atoms with E-state index in [1.165, 1.54) is 10.4 Å². The molecule has 0 aliphatic rings. The predicted octanol–water partition coefficient (Wildman–Crippen LogP) is 2.93. The molecule has 2 N–H and O–H groups in total. The minimum atomic E-state index is 0.328. The predicted molar refractivity (Wildman–Crippen MR) is 83.7 cm³/mol. The number of nitrogen functional groups attached to an aromatic ring is 1. The second kappa shape index (κ2) is 7.38. The van der Waals surface area contributed by atoms with Gasteiger partial charge in [0, 0.05) is 37.3 Å². The number of thiazole rings is 1. The number of nitrogens with two attached hydrogens (primary N) is 1. The zero-order valence-corrected chi connectivity index (χ0v) is 12.8. The number of hydrogen-bond donors (Lipinski definition) is 1.